The van der Waals surface area contributed by atoms with Gasteiger partial charge in [0.05, 0.1) is 21.4 Å². The van der Waals surface area contributed by atoms with Gasteiger partial charge in [0.2, 0.25) is 0 Å². The van der Waals surface area contributed by atoms with Crippen molar-refractivity contribution >= 4 is 92.3 Å². The largest absolute Gasteiger partial charge is 0.455 e. The average Bonchev–Trinajstić information content (AvgIpc) is 3.97. The van der Waals surface area contributed by atoms with Crippen LogP contribution >= 0.6 is 11.3 Å². The van der Waals surface area contributed by atoms with Crippen molar-refractivity contribution in [3.63, 3.8) is 0 Å². The molecule has 0 amide bonds. The monoisotopic (exact) mass is 758 g/mol. The first-order valence-corrected chi connectivity index (χ1v) is 20.5. The predicted octanol–water partition coefficient (Wildman–Crippen LogP) is 15.9. The zero-order valence-electron chi connectivity index (χ0n) is 31.3. The fourth-order valence-corrected chi connectivity index (χ4v) is 10.1. The molecule has 12 aromatic rings. The van der Waals surface area contributed by atoms with Crippen molar-refractivity contribution < 1.29 is 4.42 Å². The SMILES string of the molecule is c1ccc(-c2ccc(N(c3ccc(-c4cc(-n5c6ccccc6c6ccccc65)cc5c4oc4ccccc45)cc3)c3cccc4c3sc3ccccc34)cc2)cc1. The Labute approximate surface area is 338 Å². The standard InChI is InChI=1S/C54H34N2OS/c1-2-13-35(14-3-1)36-25-29-38(30-26-36)55(50-22-12-19-45-44-18-7-11-24-52(44)58-54(45)50)39-31-27-37(28-32-39)46-33-40(34-47-43-17-6-10-23-51(43)57-53(46)47)56-48-20-8-4-15-41(48)42-16-5-9-21-49(42)56/h1-34H. The van der Waals surface area contributed by atoms with Crippen LogP contribution < -0.4 is 4.90 Å². The number of thiophene rings is 1. The maximum absolute atomic E-state index is 6.71. The Morgan fingerprint density at radius 1 is 0.414 bits per heavy atom. The fourth-order valence-electron chi connectivity index (χ4n) is 8.92. The summed E-state index contributed by atoms with van der Waals surface area (Å²) in [5.74, 6) is 0. The van der Waals surface area contributed by atoms with E-state index in [4.69, 9.17) is 4.42 Å². The van der Waals surface area contributed by atoms with Gasteiger partial charge in [-0.05, 0) is 83.4 Å². The second-order valence-electron chi connectivity index (χ2n) is 14.9. The number of aromatic nitrogens is 1. The van der Waals surface area contributed by atoms with Crippen LogP contribution in [0.3, 0.4) is 0 Å². The van der Waals surface area contributed by atoms with Crippen LogP contribution in [-0.2, 0) is 0 Å². The van der Waals surface area contributed by atoms with Crippen molar-refractivity contribution in [3.05, 3.63) is 206 Å². The summed E-state index contributed by atoms with van der Waals surface area (Å²) in [6.07, 6.45) is 0. The highest BCUT2D eigenvalue weighted by molar-refractivity contribution is 7.26. The smallest absolute Gasteiger partial charge is 0.143 e. The van der Waals surface area contributed by atoms with Gasteiger partial charge in [-0.3, -0.25) is 0 Å². The van der Waals surface area contributed by atoms with E-state index in [9.17, 15) is 0 Å². The Morgan fingerprint density at radius 2 is 0.983 bits per heavy atom. The van der Waals surface area contributed by atoms with E-state index in [0.717, 1.165) is 55.8 Å². The Balaban J connectivity index is 1.05. The number of hydrogen-bond donors (Lipinski definition) is 0. The van der Waals surface area contributed by atoms with E-state index in [1.165, 1.54) is 53.1 Å². The molecule has 3 nitrogen and oxygen atoms in total. The quantitative estimate of drug-likeness (QED) is 0.168. The second kappa shape index (κ2) is 13.1. The van der Waals surface area contributed by atoms with Crippen LogP contribution in [0.4, 0.5) is 17.1 Å². The summed E-state index contributed by atoms with van der Waals surface area (Å²) in [6, 6.07) is 74.3. The Hall–Kier alpha value is -7.40. The molecule has 0 bridgehead atoms. The lowest BCUT2D eigenvalue weighted by Gasteiger charge is -2.26. The second-order valence-corrected chi connectivity index (χ2v) is 15.9. The maximum atomic E-state index is 6.71. The lowest BCUT2D eigenvalue weighted by Crippen LogP contribution is -2.10. The summed E-state index contributed by atoms with van der Waals surface area (Å²) in [4.78, 5) is 2.40. The topological polar surface area (TPSA) is 21.3 Å². The van der Waals surface area contributed by atoms with Crippen molar-refractivity contribution in [1.29, 1.82) is 0 Å². The molecular formula is C54H34N2OS. The summed E-state index contributed by atoms with van der Waals surface area (Å²) in [6.45, 7) is 0. The summed E-state index contributed by atoms with van der Waals surface area (Å²) < 4.78 is 11.7. The zero-order chi connectivity index (χ0) is 38.2. The molecule has 3 aromatic heterocycles. The summed E-state index contributed by atoms with van der Waals surface area (Å²) in [5, 5.41) is 7.26. The minimum atomic E-state index is 0.885. The third-order valence-electron chi connectivity index (χ3n) is 11.6. The van der Waals surface area contributed by atoms with E-state index in [2.05, 4.69) is 210 Å². The van der Waals surface area contributed by atoms with Gasteiger partial charge in [0, 0.05) is 59.6 Å². The van der Waals surface area contributed by atoms with Crippen molar-refractivity contribution in [1.82, 2.24) is 4.57 Å². The fraction of sp³-hybridized carbons (Fsp3) is 0. The van der Waals surface area contributed by atoms with E-state index in [0.29, 0.717) is 0 Å². The average molecular weight is 759 g/mol. The highest BCUT2D eigenvalue weighted by atomic mass is 32.1. The number of fused-ring (bicyclic) bond motifs is 9. The Morgan fingerprint density at radius 3 is 1.71 bits per heavy atom. The molecule has 0 aliphatic heterocycles. The highest BCUT2D eigenvalue weighted by Crippen LogP contribution is 2.46. The predicted molar refractivity (Wildman–Crippen MR) is 247 cm³/mol. The van der Waals surface area contributed by atoms with Gasteiger partial charge in [-0.2, -0.15) is 0 Å². The number of para-hydroxylation sites is 3. The molecule has 3 heterocycles. The molecule has 0 unspecified atom stereocenters. The first-order chi connectivity index (χ1) is 28.8. The van der Waals surface area contributed by atoms with Gasteiger partial charge in [-0.15, -0.1) is 11.3 Å². The minimum absolute atomic E-state index is 0.885. The van der Waals surface area contributed by atoms with E-state index in [1.807, 2.05) is 17.4 Å². The van der Waals surface area contributed by atoms with Crippen LogP contribution in [0.25, 0.3) is 91.9 Å². The molecule has 0 aliphatic rings. The van der Waals surface area contributed by atoms with Gasteiger partial charge in [-0.1, -0.05) is 140 Å². The number of nitrogens with zero attached hydrogens (tertiary/aromatic N) is 2. The van der Waals surface area contributed by atoms with Crippen LogP contribution in [0.1, 0.15) is 0 Å². The van der Waals surface area contributed by atoms with Gasteiger partial charge < -0.3 is 13.9 Å². The van der Waals surface area contributed by atoms with Crippen LogP contribution in [-0.4, -0.2) is 4.57 Å². The Kier molecular flexibility index (Phi) is 7.40. The van der Waals surface area contributed by atoms with Crippen molar-refractivity contribution in [2.45, 2.75) is 0 Å². The molecule has 0 fully saturated rings. The first kappa shape index (κ1) is 32.8. The number of furan rings is 1. The molecular weight excluding hydrogens is 725 g/mol. The molecule has 12 rings (SSSR count). The lowest BCUT2D eigenvalue weighted by molar-refractivity contribution is 0.670. The number of anilines is 3. The van der Waals surface area contributed by atoms with Crippen LogP contribution in [0.15, 0.2) is 211 Å². The molecule has 0 spiro atoms. The maximum Gasteiger partial charge on any atom is 0.143 e. The molecule has 0 aliphatic carbocycles. The number of rotatable bonds is 6. The molecule has 0 saturated carbocycles. The third kappa shape index (κ3) is 5.12. The van der Waals surface area contributed by atoms with E-state index >= 15 is 0 Å². The molecule has 272 valence electrons. The normalized spacial score (nSPS) is 11.8. The molecule has 0 radical (unpaired) electrons. The number of benzene rings is 9. The number of hydrogen-bond acceptors (Lipinski definition) is 3. The molecule has 0 saturated heterocycles. The van der Waals surface area contributed by atoms with Crippen molar-refractivity contribution in [3.8, 4) is 27.9 Å². The molecule has 4 heteroatoms. The highest BCUT2D eigenvalue weighted by Gasteiger charge is 2.21. The van der Waals surface area contributed by atoms with E-state index in [1.54, 1.807) is 0 Å². The van der Waals surface area contributed by atoms with E-state index < -0.39 is 0 Å². The molecule has 58 heavy (non-hydrogen) atoms. The Bertz CT molecular complexity index is 3450. The molecule has 0 N–H and O–H groups in total. The van der Waals surface area contributed by atoms with Gasteiger partial charge in [0.1, 0.15) is 11.2 Å². The summed E-state index contributed by atoms with van der Waals surface area (Å²) in [7, 11) is 0. The summed E-state index contributed by atoms with van der Waals surface area (Å²) >= 11 is 1.85. The van der Waals surface area contributed by atoms with Crippen molar-refractivity contribution in [2.24, 2.45) is 0 Å². The van der Waals surface area contributed by atoms with Crippen LogP contribution in [0.5, 0.6) is 0 Å². The zero-order valence-corrected chi connectivity index (χ0v) is 32.2. The molecule has 0 atom stereocenters. The minimum Gasteiger partial charge on any atom is -0.455 e. The van der Waals surface area contributed by atoms with E-state index in [-0.39, 0.29) is 0 Å². The van der Waals surface area contributed by atoms with Gasteiger partial charge >= 0.3 is 0 Å². The lowest BCUT2D eigenvalue weighted by atomic mass is 10.00. The summed E-state index contributed by atoms with van der Waals surface area (Å²) in [5.41, 5.74) is 13.1. The first-order valence-electron chi connectivity index (χ1n) is 19.7. The molecule has 9 aromatic carbocycles. The van der Waals surface area contributed by atoms with Gasteiger partial charge in [0.25, 0.3) is 0 Å². The third-order valence-corrected chi connectivity index (χ3v) is 12.8. The van der Waals surface area contributed by atoms with Crippen LogP contribution in [0.2, 0.25) is 0 Å². The van der Waals surface area contributed by atoms with Crippen LogP contribution in [0, 0.1) is 0 Å². The van der Waals surface area contributed by atoms with Crippen molar-refractivity contribution in [2.75, 3.05) is 4.90 Å². The van der Waals surface area contributed by atoms with Gasteiger partial charge in [-0.25, -0.2) is 0 Å². The van der Waals surface area contributed by atoms with Gasteiger partial charge in [0.15, 0.2) is 0 Å².